The maximum Gasteiger partial charge on any atom is 0.263 e. The van der Waals surface area contributed by atoms with Crippen molar-refractivity contribution in [1.29, 1.82) is 0 Å². The van der Waals surface area contributed by atoms with Gasteiger partial charge in [0.1, 0.15) is 5.75 Å². The zero-order chi connectivity index (χ0) is 20.9. The predicted molar refractivity (Wildman–Crippen MR) is 120 cm³/mol. The highest BCUT2D eigenvalue weighted by Crippen LogP contribution is 2.21. The molecule has 3 heterocycles. The van der Waals surface area contributed by atoms with E-state index in [0.29, 0.717) is 29.3 Å². The van der Waals surface area contributed by atoms with Gasteiger partial charge in [-0.2, -0.15) is 0 Å². The first kappa shape index (κ1) is 20.9. The fraction of sp³-hybridized carbons (Fsp3) is 0.435. The molecular formula is C23H27N3O3S. The van der Waals surface area contributed by atoms with Gasteiger partial charge in [0, 0.05) is 18.6 Å². The van der Waals surface area contributed by atoms with Crippen LogP contribution in [0.4, 0.5) is 0 Å². The summed E-state index contributed by atoms with van der Waals surface area (Å²) in [7, 11) is 0. The van der Waals surface area contributed by atoms with Gasteiger partial charge in [-0.05, 0) is 68.5 Å². The second-order valence-electron chi connectivity index (χ2n) is 7.62. The first-order chi connectivity index (χ1) is 14.6. The quantitative estimate of drug-likeness (QED) is 0.307. The second-order valence-corrected chi connectivity index (χ2v) is 8.68. The van der Waals surface area contributed by atoms with E-state index in [4.69, 9.17) is 9.47 Å². The minimum atomic E-state index is -0.0440. The molecule has 30 heavy (non-hydrogen) atoms. The number of thioether (sulfide) groups is 1. The Morgan fingerprint density at radius 2 is 2.17 bits per heavy atom. The van der Waals surface area contributed by atoms with Crippen LogP contribution >= 0.6 is 11.8 Å². The summed E-state index contributed by atoms with van der Waals surface area (Å²) in [5.74, 6) is 1.70. The Kier molecular flexibility index (Phi) is 6.69. The number of ether oxygens (including phenoxy) is 2. The second kappa shape index (κ2) is 9.62. The highest BCUT2D eigenvalue weighted by Gasteiger charge is 2.20. The van der Waals surface area contributed by atoms with Crippen molar-refractivity contribution in [2.45, 2.75) is 50.9 Å². The molecule has 7 heteroatoms. The monoisotopic (exact) mass is 425 g/mol. The minimum absolute atomic E-state index is 0.0440. The largest absolute Gasteiger partial charge is 0.494 e. The molecule has 0 amide bonds. The van der Waals surface area contributed by atoms with Crippen LogP contribution in [0.25, 0.3) is 11.0 Å². The minimum Gasteiger partial charge on any atom is -0.494 e. The molecule has 1 aromatic carbocycles. The van der Waals surface area contributed by atoms with Crippen molar-refractivity contribution in [1.82, 2.24) is 14.5 Å². The van der Waals surface area contributed by atoms with Crippen LogP contribution in [0.5, 0.6) is 5.75 Å². The van der Waals surface area contributed by atoms with Crippen LogP contribution in [-0.4, -0.2) is 39.6 Å². The van der Waals surface area contributed by atoms with Crippen LogP contribution in [-0.2, 0) is 11.3 Å². The average Bonchev–Trinajstić information content (AvgIpc) is 3.26. The van der Waals surface area contributed by atoms with Crippen molar-refractivity contribution in [3.8, 4) is 5.75 Å². The smallest absolute Gasteiger partial charge is 0.263 e. The normalized spacial score (nSPS) is 16.3. The van der Waals surface area contributed by atoms with Crippen LogP contribution in [0.15, 0.2) is 46.5 Å². The Hall–Kier alpha value is -2.38. The highest BCUT2D eigenvalue weighted by atomic mass is 32.2. The Labute approximate surface area is 180 Å². The van der Waals surface area contributed by atoms with Crippen molar-refractivity contribution >= 4 is 22.8 Å². The van der Waals surface area contributed by atoms with E-state index in [1.807, 2.05) is 6.07 Å². The topological polar surface area (TPSA) is 66.2 Å². The number of hydrogen-bond donors (Lipinski definition) is 0. The standard InChI is InChI=1S/C23H27N3O3S/c1-16-8-9-18(14-17(16)2)28-12-5-13-30-23-25-21-20(7-3-10-24-21)22(27)26(23)15-19-6-4-11-29-19/h3,7-10,14,19H,4-6,11-13,15H2,1-2H3. The van der Waals surface area contributed by atoms with Crippen molar-refractivity contribution in [3.63, 3.8) is 0 Å². The van der Waals surface area contributed by atoms with E-state index in [1.54, 1.807) is 34.7 Å². The first-order valence-corrected chi connectivity index (χ1v) is 11.4. The molecule has 0 radical (unpaired) electrons. The summed E-state index contributed by atoms with van der Waals surface area (Å²) in [6, 6.07) is 9.72. The maximum atomic E-state index is 13.1. The number of pyridine rings is 1. The van der Waals surface area contributed by atoms with Gasteiger partial charge in [0.2, 0.25) is 0 Å². The number of aryl methyl sites for hydroxylation is 2. The number of benzene rings is 1. The van der Waals surface area contributed by atoms with Crippen LogP contribution in [0.2, 0.25) is 0 Å². The summed E-state index contributed by atoms with van der Waals surface area (Å²) in [6.07, 6.45) is 4.62. The summed E-state index contributed by atoms with van der Waals surface area (Å²) in [5, 5.41) is 1.26. The maximum absolute atomic E-state index is 13.1. The van der Waals surface area contributed by atoms with Gasteiger partial charge in [0.05, 0.1) is 24.6 Å². The lowest BCUT2D eigenvalue weighted by Gasteiger charge is -2.16. The lowest BCUT2D eigenvalue weighted by Crippen LogP contribution is -2.29. The molecule has 0 spiro atoms. The Morgan fingerprint density at radius 3 is 2.97 bits per heavy atom. The fourth-order valence-corrected chi connectivity index (χ4v) is 4.42. The van der Waals surface area contributed by atoms with Crippen LogP contribution < -0.4 is 10.3 Å². The number of hydrogen-bond acceptors (Lipinski definition) is 6. The molecule has 1 saturated heterocycles. The molecular weight excluding hydrogens is 398 g/mol. The molecule has 0 saturated carbocycles. The van der Waals surface area contributed by atoms with E-state index in [2.05, 4.69) is 35.9 Å². The number of fused-ring (bicyclic) bond motifs is 1. The molecule has 0 aliphatic carbocycles. The molecule has 6 nitrogen and oxygen atoms in total. The predicted octanol–water partition coefficient (Wildman–Crippen LogP) is 4.15. The number of nitrogens with zero attached hydrogens (tertiary/aromatic N) is 3. The Balaban J connectivity index is 1.43. The molecule has 4 rings (SSSR count). The molecule has 3 aromatic rings. The van der Waals surface area contributed by atoms with E-state index in [0.717, 1.165) is 37.4 Å². The molecule has 1 atom stereocenters. The molecule has 1 aliphatic rings. The summed E-state index contributed by atoms with van der Waals surface area (Å²) < 4.78 is 13.4. The third-order valence-electron chi connectivity index (χ3n) is 5.37. The summed E-state index contributed by atoms with van der Waals surface area (Å²) in [5.41, 5.74) is 2.95. The molecule has 0 N–H and O–H groups in total. The Morgan fingerprint density at radius 1 is 1.27 bits per heavy atom. The molecule has 0 bridgehead atoms. The van der Waals surface area contributed by atoms with Gasteiger partial charge in [0.15, 0.2) is 10.8 Å². The zero-order valence-electron chi connectivity index (χ0n) is 17.5. The van der Waals surface area contributed by atoms with E-state index in [1.165, 1.54) is 11.1 Å². The fourth-order valence-electron chi connectivity index (χ4n) is 3.52. The molecule has 158 valence electrons. The molecule has 2 aromatic heterocycles. The van der Waals surface area contributed by atoms with E-state index in [-0.39, 0.29) is 11.7 Å². The first-order valence-electron chi connectivity index (χ1n) is 10.4. The lowest BCUT2D eigenvalue weighted by atomic mass is 10.1. The Bertz CT molecular complexity index is 1080. The van der Waals surface area contributed by atoms with Gasteiger partial charge in [-0.15, -0.1) is 0 Å². The SMILES string of the molecule is Cc1ccc(OCCCSc2nc3ncccc3c(=O)n2CC2CCCO2)cc1C. The van der Waals surface area contributed by atoms with Crippen molar-refractivity contribution < 1.29 is 9.47 Å². The number of rotatable bonds is 8. The van der Waals surface area contributed by atoms with Crippen molar-refractivity contribution in [2.24, 2.45) is 0 Å². The van der Waals surface area contributed by atoms with Gasteiger partial charge in [-0.1, -0.05) is 17.8 Å². The zero-order valence-corrected chi connectivity index (χ0v) is 18.3. The van der Waals surface area contributed by atoms with Gasteiger partial charge >= 0.3 is 0 Å². The van der Waals surface area contributed by atoms with Crippen LogP contribution in [0.1, 0.15) is 30.4 Å². The van der Waals surface area contributed by atoms with Crippen LogP contribution in [0.3, 0.4) is 0 Å². The van der Waals surface area contributed by atoms with E-state index in [9.17, 15) is 4.79 Å². The summed E-state index contributed by atoms with van der Waals surface area (Å²) in [4.78, 5) is 22.0. The van der Waals surface area contributed by atoms with Gasteiger partial charge in [-0.25, -0.2) is 9.97 Å². The van der Waals surface area contributed by atoms with E-state index < -0.39 is 0 Å². The summed E-state index contributed by atoms with van der Waals surface area (Å²) in [6.45, 7) is 6.11. The van der Waals surface area contributed by atoms with Gasteiger partial charge < -0.3 is 9.47 Å². The van der Waals surface area contributed by atoms with Crippen molar-refractivity contribution in [2.75, 3.05) is 19.0 Å². The van der Waals surface area contributed by atoms with E-state index >= 15 is 0 Å². The highest BCUT2D eigenvalue weighted by molar-refractivity contribution is 7.99. The molecule has 1 unspecified atom stereocenters. The summed E-state index contributed by atoms with van der Waals surface area (Å²) >= 11 is 1.58. The molecule has 1 aliphatic heterocycles. The van der Waals surface area contributed by atoms with Crippen molar-refractivity contribution in [3.05, 3.63) is 58.0 Å². The third kappa shape index (κ3) is 4.84. The number of aromatic nitrogens is 3. The van der Waals surface area contributed by atoms with Gasteiger partial charge in [-0.3, -0.25) is 9.36 Å². The average molecular weight is 426 g/mol. The molecule has 1 fully saturated rings. The third-order valence-corrected chi connectivity index (χ3v) is 6.43. The van der Waals surface area contributed by atoms with Crippen LogP contribution in [0, 0.1) is 13.8 Å². The van der Waals surface area contributed by atoms with Gasteiger partial charge in [0.25, 0.3) is 5.56 Å². The lowest BCUT2D eigenvalue weighted by molar-refractivity contribution is 0.0937.